The van der Waals surface area contributed by atoms with Gasteiger partial charge >= 0.3 is 6.18 Å². The van der Waals surface area contributed by atoms with Crippen LogP contribution in [0, 0.1) is 0 Å². The molecule has 2 atom stereocenters. The van der Waals surface area contributed by atoms with E-state index in [0.717, 1.165) is 24.1 Å². The van der Waals surface area contributed by atoms with Gasteiger partial charge in [0, 0.05) is 30.1 Å². The fourth-order valence-corrected chi connectivity index (χ4v) is 4.82. The number of hydrogen-bond donors (Lipinski definition) is 2. The number of alkyl halides is 3. The summed E-state index contributed by atoms with van der Waals surface area (Å²) in [7, 11) is 1.58. The fourth-order valence-electron chi connectivity index (χ4n) is 4.82. The van der Waals surface area contributed by atoms with Gasteiger partial charge in [-0.1, -0.05) is 0 Å². The minimum absolute atomic E-state index is 0.0248. The van der Waals surface area contributed by atoms with Crippen molar-refractivity contribution in [3.8, 4) is 11.5 Å². The first-order valence-corrected chi connectivity index (χ1v) is 12.1. The number of nitrogens with zero attached hydrogens (tertiary/aromatic N) is 3. The van der Waals surface area contributed by atoms with Crippen molar-refractivity contribution < 1.29 is 27.4 Å². The van der Waals surface area contributed by atoms with Gasteiger partial charge in [0.1, 0.15) is 6.10 Å². The molecule has 8 nitrogen and oxygen atoms in total. The largest absolute Gasteiger partial charge is 0.493 e. The molecule has 3 N–H and O–H groups in total. The quantitative estimate of drug-likeness (QED) is 0.479. The predicted molar refractivity (Wildman–Crippen MR) is 134 cm³/mol. The highest BCUT2D eigenvalue weighted by molar-refractivity contribution is 5.84. The molecule has 0 unspecified atom stereocenters. The Labute approximate surface area is 212 Å². The van der Waals surface area contributed by atoms with E-state index < -0.39 is 17.8 Å². The van der Waals surface area contributed by atoms with Crippen molar-refractivity contribution in [2.45, 2.75) is 51.1 Å². The van der Waals surface area contributed by atoms with Gasteiger partial charge in [0.25, 0.3) is 0 Å². The molecule has 2 aliphatic heterocycles. The van der Waals surface area contributed by atoms with Gasteiger partial charge in [0.15, 0.2) is 17.0 Å². The topological polar surface area (TPSA) is 95.9 Å². The van der Waals surface area contributed by atoms with Crippen molar-refractivity contribution in [1.82, 2.24) is 9.55 Å². The van der Waals surface area contributed by atoms with Crippen LogP contribution in [0.5, 0.6) is 11.5 Å². The molecule has 2 aromatic carbocycles. The molecule has 0 bridgehead atoms. The SMILES string of the molecule is COc1cc2c(cc1O[C@H]1CCOC1)c(=N[C@H](C)c1cc(N)cc(C(F)(F)F)c1)nc1n2C(C)(C)CN1. The Kier molecular flexibility index (Phi) is 6.21. The van der Waals surface area contributed by atoms with E-state index in [2.05, 4.69) is 23.7 Å². The zero-order valence-electron chi connectivity index (χ0n) is 21.1. The Balaban J connectivity index is 1.70. The molecule has 1 aromatic heterocycles. The number of fused-ring (bicyclic) bond motifs is 3. The van der Waals surface area contributed by atoms with E-state index in [1.54, 1.807) is 14.0 Å². The molecule has 1 fully saturated rings. The number of halogens is 3. The molecule has 2 aliphatic rings. The van der Waals surface area contributed by atoms with Crippen molar-refractivity contribution in [2.75, 3.05) is 37.9 Å². The van der Waals surface area contributed by atoms with Gasteiger partial charge in [0.05, 0.1) is 43.0 Å². The summed E-state index contributed by atoms with van der Waals surface area (Å²) >= 11 is 0. The van der Waals surface area contributed by atoms with E-state index in [0.29, 0.717) is 53.6 Å². The van der Waals surface area contributed by atoms with E-state index in [1.807, 2.05) is 12.1 Å². The maximum atomic E-state index is 13.4. The molecule has 3 aromatic rings. The predicted octanol–water partition coefficient (Wildman–Crippen LogP) is 4.64. The first kappa shape index (κ1) is 25.2. The second kappa shape index (κ2) is 9.13. The number of nitrogens with two attached hydrogens (primary N) is 1. The minimum Gasteiger partial charge on any atom is -0.493 e. The molecule has 0 aliphatic carbocycles. The molecular formula is C26H30F3N5O3. The summed E-state index contributed by atoms with van der Waals surface area (Å²) in [6.07, 6.45) is -3.85. The molecule has 0 amide bonds. The molecule has 5 rings (SSSR count). The van der Waals surface area contributed by atoms with Crippen LogP contribution < -0.4 is 26.0 Å². The summed E-state index contributed by atoms with van der Waals surface area (Å²) in [5.74, 6) is 1.71. The van der Waals surface area contributed by atoms with Crippen molar-refractivity contribution in [2.24, 2.45) is 4.99 Å². The van der Waals surface area contributed by atoms with Gasteiger partial charge in [-0.25, -0.2) is 0 Å². The highest BCUT2D eigenvalue weighted by atomic mass is 19.4. The maximum Gasteiger partial charge on any atom is 0.416 e. The number of methoxy groups -OCH3 is 1. The van der Waals surface area contributed by atoms with Crippen molar-refractivity contribution >= 4 is 22.5 Å². The first-order chi connectivity index (χ1) is 17.5. The third-order valence-corrected chi connectivity index (χ3v) is 6.76. The molecule has 0 spiro atoms. The van der Waals surface area contributed by atoms with Gasteiger partial charge in [-0.2, -0.15) is 18.2 Å². The summed E-state index contributed by atoms with van der Waals surface area (Å²) in [5, 5.41) is 4.02. The third-order valence-electron chi connectivity index (χ3n) is 6.76. The monoisotopic (exact) mass is 517 g/mol. The molecule has 198 valence electrons. The lowest BCUT2D eigenvalue weighted by Gasteiger charge is -2.24. The summed E-state index contributed by atoms with van der Waals surface area (Å²) in [6, 6.07) is 6.59. The molecule has 0 radical (unpaired) electrons. The Hall–Kier alpha value is -3.47. The number of ether oxygens (including phenoxy) is 3. The van der Waals surface area contributed by atoms with Crippen LogP contribution in [0.4, 0.5) is 24.8 Å². The van der Waals surface area contributed by atoms with Crippen molar-refractivity contribution in [3.05, 3.63) is 46.9 Å². The Morgan fingerprint density at radius 1 is 1.22 bits per heavy atom. The highest BCUT2D eigenvalue weighted by Gasteiger charge is 2.33. The number of benzene rings is 2. The Morgan fingerprint density at radius 2 is 2.00 bits per heavy atom. The van der Waals surface area contributed by atoms with E-state index >= 15 is 0 Å². The Bertz CT molecular complexity index is 1410. The normalized spacial score (nSPS) is 20.1. The summed E-state index contributed by atoms with van der Waals surface area (Å²) in [5.41, 5.74) is 6.27. The van der Waals surface area contributed by atoms with E-state index in [4.69, 9.17) is 29.9 Å². The fraction of sp³-hybridized carbons (Fsp3) is 0.462. The van der Waals surface area contributed by atoms with Crippen molar-refractivity contribution in [3.63, 3.8) is 0 Å². The smallest absolute Gasteiger partial charge is 0.416 e. The molecular weight excluding hydrogens is 487 g/mol. The summed E-state index contributed by atoms with van der Waals surface area (Å²) in [4.78, 5) is 9.54. The minimum atomic E-state index is -4.51. The second-order valence-corrected chi connectivity index (χ2v) is 10.1. The van der Waals surface area contributed by atoms with Gasteiger partial charge in [-0.15, -0.1) is 0 Å². The number of anilines is 2. The first-order valence-electron chi connectivity index (χ1n) is 12.1. The van der Waals surface area contributed by atoms with Crippen LogP contribution in [0.15, 0.2) is 35.3 Å². The van der Waals surface area contributed by atoms with Gasteiger partial charge in [-0.3, -0.25) is 4.99 Å². The van der Waals surface area contributed by atoms with Gasteiger partial charge < -0.3 is 29.8 Å². The lowest BCUT2D eigenvalue weighted by Crippen LogP contribution is -2.27. The van der Waals surface area contributed by atoms with Crippen LogP contribution in [0.1, 0.15) is 44.4 Å². The number of rotatable bonds is 5. The van der Waals surface area contributed by atoms with Gasteiger partial charge in [-0.05, 0) is 50.6 Å². The van der Waals surface area contributed by atoms with Crippen LogP contribution in [0.3, 0.4) is 0 Å². The number of aromatic nitrogens is 2. The number of nitrogens with one attached hydrogen (secondary N) is 1. The van der Waals surface area contributed by atoms with Crippen LogP contribution in [-0.2, 0) is 16.5 Å². The van der Waals surface area contributed by atoms with Crippen LogP contribution in [-0.4, -0.2) is 42.5 Å². The molecule has 0 saturated carbocycles. The third kappa shape index (κ3) is 4.79. The zero-order chi connectivity index (χ0) is 26.5. The average Bonchev–Trinajstić information content (AvgIpc) is 3.45. The second-order valence-electron chi connectivity index (χ2n) is 10.1. The van der Waals surface area contributed by atoms with E-state index in [1.165, 1.54) is 6.07 Å². The highest BCUT2D eigenvalue weighted by Crippen LogP contribution is 2.38. The van der Waals surface area contributed by atoms with Gasteiger partial charge in [0.2, 0.25) is 5.95 Å². The van der Waals surface area contributed by atoms with Crippen molar-refractivity contribution in [1.29, 1.82) is 0 Å². The van der Waals surface area contributed by atoms with E-state index in [-0.39, 0.29) is 17.3 Å². The van der Waals surface area contributed by atoms with E-state index in [9.17, 15) is 13.2 Å². The summed E-state index contributed by atoms with van der Waals surface area (Å²) in [6.45, 7) is 7.67. The average molecular weight is 518 g/mol. The maximum absolute atomic E-state index is 13.4. The zero-order valence-corrected chi connectivity index (χ0v) is 21.1. The lowest BCUT2D eigenvalue weighted by atomic mass is 10.0. The number of hydrogen-bond acceptors (Lipinski definition) is 7. The number of nitrogen functional groups attached to an aromatic ring is 1. The molecule has 3 heterocycles. The van der Waals surface area contributed by atoms with Crippen LogP contribution in [0.25, 0.3) is 10.9 Å². The summed E-state index contributed by atoms with van der Waals surface area (Å²) < 4.78 is 59.6. The van der Waals surface area contributed by atoms with Crippen LogP contribution in [0.2, 0.25) is 0 Å². The lowest BCUT2D eigenvalue weighted by molar-refractivity contribution is -0.137. The molecule has 1 saturated heterocycles. The molecule has 37 heavy (non-hydrogen) atoms. The Morgan fingerprint density at radius 3 is 2.68 bits per heavy atom. The molecule has 11 heteroatoms. The standard InChI is InChI=1S/C26H30F3N5O3/c1-14(15-7-16(26(27,28)29)9-17(30)8-15)32-23-19-10-22(37-18-5-6-36-12-18)21(35-4)11-20(19)34-24(33-23)31-13-25(34,2)3/h7-11,14,18H,5-6,12-13,30H2,1-4H3,(H,31,32,33)/t14-,18+/m1/s1. The van der Waals surface area contributed by atoms with Crippen LogP contribution >= 0.6 is 0 Å².